The quantitative estimate of drug-likeness (QED) is 0.0999. The van der Waals surface area contributed by atoms with E-state index in [2.05, 4.69) is 10.6 Å². The number of carbonyl (C=O) groups excluding carboxylic acids is 2. The summed E-state index contributed by atoms with van der Waals surface area (Å²) in [6.45, 7) is 2.55. The van der Waals surface area contributed by atoms with Crippen molar-refractivity contribution >= 4 is 51.8 Å². The smallest absolute Gasteiger partial charge is 0.331 e. The molecule has 2 saturated heterocycles. The van der Waals surface area contributed by atoms with Gasteiger partial charge in [0.15, 0.2) is 11.6 Å². The number of amides is 1. The van der Waals surface area contributed by atoms with Crippen molar-refractivity contribution in [3.05, 3.63) is 81.2 Å². The van der Waals surface area contributed by atoms with Crippen LogP contribution in [0.25, 0.3) is 0 Å². The summed E-state index contributed by atoms with van der Waals surface area (Å²) >= 11 is 1.92. The van der Waals surface area contributed by atoms with Crippen LogP contribution in [0.2, 0.25) is 0 Å². The zero-order valence-electron chi connectivity index (χ0n) is 24.6. The van der Waals surface area contributed by atoms with Crippen LogP contribution in [-0.2, 0) is 14.3 Å². The molecule has 0 aliphatic carbocycles. The number of halogens is 4. The van der Waals surface area contributed by atoms with Crippen molar-refractivity contribution in [3.8, 4) is 0 Å². The summed E-state index contributed by atoms with van der Waals surface area (Å²) in [5, 5.41) is 25.8. The number of carbonyl (C=O) groups is 3. The third kappa shape index (κ3) is 8.85. The van der Waals surface area contributed by atoms with Crippen molar-refractivity contribution in [2.75, 3.05) is 25.0 Å². The normalized spacial score (nSPS) is 20.2. The summed E-state index contributed by atoms with van der Waals surface area (Å²) in [7, 11) is 0. The molecule has 0 saturated carbocycles. The Bertz CT molecular complexity index is 1470. The first-order valence-corrected chi connectivity index (χ1v) is 15.7. The molecule has 3 atom stereocenters. The SMILES string of the molecule is CCCC(/C=C\CC1CC[C@@H](C2(O)CN(C(=O)c3ccc(F)c(F)c3Nc3ccc(I)cc3F)C2)NC1)OC(=O)/C=C/C(=O)O. The molecule has 2 aromatic rings. The Morgan fingerprint density at radius 3 is 2.56 bits per heavy atom. The molecule has 1 amide bonds. The van der Waals surface area contributed by atoms with E-state index < -0.39 is 52.7 Å². The first-order valence-electron chi connectivity index (χ1n) is 14.6. The Morgan fingerprint density at radius 2 is 1.91 bits per heavy atom. The van der Waals surface area contributed by atoms with Gasteiger partial charge in [0, 0.05) is 21.8 Å². The molecule has 2 heterocycles. The lowest BCUT2D eigenvalue weighted by Gasteiger charge is -2.52. The Balaban J connectivity index is 1.31. The molecule has 242 valence electrons. The van der Waals surface area contributed by atoms with Gasteiger partial charge in [-0.1, -0.05) is 19.4 Å². The lowest BCUT2D eigenvalue weighted by Crippen LogP contribution is -2.72. The predicted molar refractivity (Wildman–Crippen MR) is 169 cm³/mol. The van der Waals surface area contributed by atoms with Gasteiger partial charge in [0.05, 0.1) is 30.0 Å². The van der Waals surface area contributed by atoms with E-state index in [0.717, 1.165) is 37.1 Å². The number of aliphatic carboxylic acids is 1. The Kier molecular flexibility index (Phi) is 11.7. The van der Waals surface area contributed by atoms with Gasteiger partial charge in [-0.3, -0.25) is 4.79 Å². The van der Waals surface area contributed by atoms with Crippen molar-refractivity contribution in [1.82, 2.24) is 10.2 Å². The topological polar surface area (TPSA) is 128 Å². The first kappa shape index (κ1) is 34.4. The van der Waals surface area contributed by atoms with Gasteiger partial charge in [0.1, 0.15) is 17.5 Å². The number of β-amino-alcohol motifs (C(OH)–C–C–N with tert-alkyl or cyclic N) is 1. The van der Waals surface area contributed by atoms with Gasteiger partial charge in [-0.05, 0) is 97.1 Å². The van der Waals surface area contributed by atoms with E-state index in [9.17, 15) is 32.7 Å². The molecule has 2 aliphatic rings. The molecule has 2 aliphatic heterocycles. The summed E-state index contributed by atoms with van der Waals surface area (Å²) in [4.78, 5) is 37.1. The summed E-state index contributed by atoms with van der Waals surface area (Å²) in [5.41, 5.74) is -1.97. The number of nitrogens with zero attached hydrogens (tertiary/aromatic N) is 1. The number of nitrogens with one attached hydrogen (secondary N) is 2. The standard InChI is InChI=1S/C32H35F3IN3O6/c1-2-4-21(45-28(42)14-13-27(40)41)6-3-5-19-7-12-26(37-16-19)32(44)17-39(18-32)31(43)22-9-10-23(33)29(35)30(22)38-25-11-8-20(36)15-24(25)34/h3,6,8-11,13-15,19,21,26,37-38,44H,2,4-5,7,12,16-18H2,1H3,(H,40,41)/b6-3-,14-13+/t19?,21?,26-/m0/s1. The van der Waals surface area contributed by atoms with Crippen LogP contribution in [0.4, 0.5) is 24.5 Å². The predicted octanol–water partition coefficient (Wildman–Crippen LogP) is 5.31. The fraction of sp³-hybridized carbons (Fsp3) is 0.406. The van der Waals surface area contributed by atoms with Crippen molar-refractivity contribution in [3.63, 3.8) is 0 Å². The molecule has 2 unspecified atom stereocenters. The van der Waals surface area contributed by atoms with Crippen LogP contribution in [0.5, 0.6) is 0 Å². The molecule has 9 nitrogen and oxygen atoms in total. The fourth-order valence-electron chi connectivity index (χ4n) is 5.53. The van der Waals surface area contributed by atoms with E-state index in [1.807, 2.05) is 35.6 Å². The van der Waals surface area contributed by atoms with Gasteiger partial charge in [-0.2, -0.15) is 0 Å². The maximum absolute atomic E-state index is 14.8. The average molecular weight is 742 g/mol. The number of aliphatic hydroxyl groups is 1. The van der Waals surface area contributed by atoms with Crippen LogP contribution in [0.15, 0.2) is 54.6 Å². The second-order valence-electron chi connectivity index (χ2n) is 11.3. The molecule has 4 rings (SSSR count). The Morgan fingerprint density at radius 1 is 1.16 bits per heavy atom. The molecule has 0 spiro atoms. The first-order chi connectivity index (χ1) is 21.4. The fourth-order valence-corrected chi connectivity index (χ4v) is 5.98. The minimum Gasteiger partial charge on any atom is -0.478 e. The molecule has 0 aromatic heterocycles. The lowest BCUT2D eigenvalue weighted by atomic mass is 9.79. The molecule has 0 radical (unpaired) electrons. The van der Waals surface area contributed by atoms with Crippen molar-refractivity contribution in [2.24, 2.45) is 5.92 Å². The van der Waals surface area contributed by atoms with Crippen LogP contribution in [0.1, 0.15) is 49.4 Å². The number of allylic oxidation sites excluding steroid dienone is 1. The van der Waals surface area contributed by atoms with Gasteiger partial charge in [0.2, 0.25) is 0 Å². The largest absolute Gasteiger partial charge is 0.478 e. The summed E-state index contributed by atoms with van der Waals surface area (Å²) in [6.07, 6.45) is 8.42. The molecule has 13 heteroatoms. The summed E-state index contributed by atoms with van der Waals surface area (Å²) in [6, 6.07) is 5.88. The van der Waals surface area contributed by atoms with Gasteiger partial charge in [-0.15, -0.1) is 0 Å². The highest BCUT2D eigenvalue weighted by atomic mass is 127. The number of rotatable bonds is 12. The van der Waals surface area contributed by atoms with Gasteiger partial charge in [-0.25, -0.2) is 22.8 Å². The van der Waals surface area contributed by atoms with Crippen LogP contribution in [0, 0.1) is 26.9 Å². The molecular formula is C32H35F3IN3O6. The van der Waals surface area contributed by atoms with Gasteiger partial charge >= 0.3 is 11.9 Å². The van der Waals surface area contributed by atoms with Crippen LogP contribution in [0.3, 0.4) is 0 Å². The van der Waals surface area contributed by atoms with E-state index in [1.165, 1.54) is 17.0 Å². The zero-order chi connectivity index (χ0) is 32.7. The monoisotopic (exact) mass is 741 g/mol. The van der Waals surface area contributed by atoms with Crippen LogP contribution >= 0.6 is 22.6 Å². The van der Waals surface area contributed by atoms with E-state index in [4.69, 9.17) is 9.84 Å². The molecule has 4 N–H and O–H groups in total. The molecule has 45 heavy (non-hydrogen) atoms. The highest BCUT2D eigenvalue weighted by Crippen LogP contribution is 2.35. The minimum atomic E-state index is -1.31. The molecule has 0 bridgehead atoms. The second-order valence-corrected chi connectivity index (χ2v) is 12.5. The number of carboxylic acids is 1. The Hall–Kier alpha value is -3.43. The van der Waals surface area contributed by atoms with Gasteiger partial charge < -0.3 is 30.5 Å². The number of likely N-dealkylation sites (tertiary alicyclic amines) is 1. The number of benzene rings is 2. The number of hydrogen-bond acceptors (Lipinski definition) is 7. The third-order valence-electron chi connectivity index (χ3n) is 7.92. The molecular weight excluding hydrogens is 706 g/mol. The average Bonchev–Trinajstić information content (AvgIpc) is 2.98. The second kappa shape index (κ2) is 15.2. The van der Waals surface area contributed by atoms with E-state index in [-0.39, 0.29) is 36.3 Å². The third-order valence-corrected chi connectivity index (χ3v) is 8.59. The summed E-state index contributed by atoms with van der Waals surface area (Å²) < 4.78 is 49.3. The van der Waals surface area contributed by atoms with Crippen molar-refractivity contribution in [2.45, 2.75) is 56.8 Å². The zero-order valence-corrected chi connectivity index (χ0v) is 26.7. The highest BCUT2D eigenvalue weighted by Gasteiger charge is 2.50. The van der Waals surface area contributed by atoms with E-state index in [0.29, 0.717) is 29.4 Å². The van der Waals surface area contributed by atoms with E-state index in [1.54, 1.807) is 12.1 Å². The number of esters is 1. The number of ether oxygens (including phenoxy) is 1. The van der Waals surface area contributed by atoms with E-state index >= 15 is 0 Å². The van der Waals surface area contributed by atoms with Gasteiger partial charge in [0.25, 0.3) is 5.91 Å². The number of hydrogen-bond donors (Lipinski definition) is 4. The maximum Gasteiger partial charge on any atom is 0.331 e. The Labute approximate surface area is 272 Å². The maximum atomic E-state index is 14.8. The van der Waals surface area contributed by atoms with Crippen molar-refractivity contribution in [1.29, 1.82) is 0 Å². The van der Waals surface area contributed by atoms with Crippen LogP contribution in [-0.4, -0.2) is 70.3 Å². The summed E-state index contributed by atoms with van der Waals surface area (Å²) in [5.74, 6) is -5.49. The number of piperidine rings is 1. The minimum absolute atomic E-state index is 0.00914. The van der Waals surface area contributed by atoms with Crippen molar-refractivity contribution < 1.29 is 42.5 Å². The number of anilines is 2. The molecule has 2 fully saturated rings. The van der Waals surface area contributed by atoms with Crippen LogP contribution < -0.4 is 10.6 Å². The lowest BCUT2D eigenvalue weighted by molar-refractivity contribution is -0.141. The molecule has 2 aromatic carbocycles. The number of carboxylic acid groups (broad SMARTS) is 1. The highest BCUT2D eigenvalue weighted by molar-refractivity contribution is 14.1.